The Balaban J connectivity index is 2.18. The highest BCUT2D eigenvalue weighted by atomic mass is 16.3. The van der Waals surface area contributed by atoms with Gasteiger partial charge in [-0.3, -0.25) is 0 Å². The molecule has 3 heteroatoms. The molecule has 1 aromatic heterocycles. The summed E-state index contributed by atoms with van der Waals surface area (Å²) in [6.45, 7) is 6.72. The number of aliphatic hydroxyl groups excluding tert-OH is 1. The Hall–Kier alpha value is -0.800. The molecule has 0 aliphatic carbocycles. The van der Waals surface area contributed by atoms with Crippen LogP contribution in [-0.2, 0) is 13.1 Å². The number of aliphatic hydroxyl groups is 1. The molecule has 0 aliphatic rings. The van der Waals surface area contributed by atoms with Gasteiger partial charge in [0.25, 0.3) is 0 Å². The van der Waals surface area contributed by atoms with Gasteiger partial charge < -0.3 is 15.0 Å². The van der Waals surface area contributed by atoms with E-state index in [0.29, 0.717) is 0 Å². The first-order chi connectivity index (χ1) is 6.72. The highest BCUT2D eigenvalue weighted by Gasteiger charge is 1.97. The number of nitrogens with one attached hydrogen (secondary N) is 1. The number of hydrogen-bond acceptors (Lipinski definition) is 2. The fourth-order valence-electron chi connectivity index (χ4n) is 1.34. The predicted molar refractivity (Wildman–Crippen MR) is 58.1 cm³/mol. The van der Waals surface area contributed by atoms with Gasteiger partial charge in [0.1, 0.15) is 0 Å². The minimum Gasteiger partial charge on any atom is -0.393 e. The van der Waals surface area contributed by atoms with E-state index < -0.39 is 0 Å². The van der Waals surface area contributed by atoms with Crippen molar-refractivity contribution in [2.75, 3.05) is 6.54 Å². The molecule has 0 aromatic carbocycles. The Morgan fingerprint density at radius 1 is 1.57 bits per heavy atom. The summed E-state index contributed by atoms with van der Waals surface area (Å²) < 4.78 is 2.16. The molecule has 14 heavy (non-hydrogen) atoms. The van der Waals surface area contributed by atoms with Crippen LogP contribution in [0.15, 0.2) is 18.5 Å². The number of aryl methyl sites for hydroxylation is 1. The lowest BCUT2D eigenvalue weighted by atomic mass is 10.3. The van der Waals surface area contributed by atoms with Crippen molar-refractivity contribution >= 4 is 0 Å². The number of rotatable bonds is 6. The zero-order valence-corrected chi connectivity index (χ0v) is 9.03. The van der Waals surface area contributed by atoms with Gasteiger partial charge >= 0.3 is 0 Å². The Morgan fingerprint density at radius 3 is 2.93 bits per heavy atom. The summed E-state index contributed by atoms with van der Waals surface area (Å²) in [6.07, 6.45) is 4.85. The molecule has 0 fully saturated rings. The van der Waals surface area contributed by atoms with Crippen LogP contribution in [0.4, 0.5) is 0 Å². The highest BCUT2D eigenvalue weighted by molar-refractivity contribution is 5.09. The summed E-state index contributed by atoms with van der Waals surface area (Å²) >= 11 is 0. The normalized spacial score (nSPS) is 13.1. The molecule has 0 bridgehead atoms. The molecule has 0 amide bonds. The van der Waals surface area contributed by atoms with E-state index in [2.05, 4.69) is 35.3 Å². The van der Waals surface area contributed by atoms with Gasteiger partial charge in [0.05, 0.1) is 6.10 Å². The molecule has 1 unspecified atom stereocenters. The first-order valence-corrected chi connectivity index (χ1v) is 5.25. The second-order valence-electron chi connectivity index (χ2n) is 3.66. The number of aromatic nitrogens is 1. The zero-order valence-electron chi connectivity index (χ0n) is 9.03. The second-order valence-corrected chi connectivity index (χ2v) is 3.66. The summed E-state index contributed by atoms with van der Waals surface area (Å²) in [4.78, 5) is 0. The average Bonchev–Trinajstić information content (AvgIpc) is 2.60. The van der Waals surface area contributed by atoms with Crippen LogP contribution < -0.4 is 5.32 Å². The molecule has 0 aliphatic heterocycles. The first-order valence-electron chi connectivity index (χ1n) is 5.25. The van der Waals surface area contributed by atoms with Crippen molar-refractivity contribution in [3.05, 3.63) is 24.0 Å². The SMILES string of the molecule is CCn1ccc(CNCCC(C)O)c1. The molecule has 0 spiro atoms. The van der Waals surface area contributed by atoms with Gasteiger partial charge in [-0.1, -0.05) is 0 Å². The van der Waals surface area contributed by atoms with E-state index >= 15 is 0 Å². The van der Waals surface area contributed by atoms with Crippen molar-refractivity contribution < 1.29 is 5.11 Å². The fraction of sp³-hybridized carbons (Fsp3) is 0.636. The van der Waals surface area contributed by atoms with Gasteiger partial charge in [-0.05, 0) is 38.4 Å². The maximum absolute atomic E-state index is 9.05. The van der Waals surface area contributed by atoms with E-state index in [9.17, 15) is 0 Å². The van der Waals surface area contributed by atoms with Crippen molar-refractivity contribution in [3.63, 3.8) is 0 Å². The van der Waals surface area contributed by atoms with Crippen molar-refractivity contribution in [1.29, 1.82) is 0 Å². The molecule has 1 rings (SSSR count). The van der Waals surface area contributed by atoms with E-state index in [-0.39, 0.29) is 6.10 Å². The van der Waals surface area contributed by atoms with Crippen LogP contribution >= 0.6 is 0 Å². The average molecular weight is 196 g/mol. The maximum Gasteiger partial charge on any atom is 0.0524 e. The summed E-state index contributed by atoms with van der Waals surface area (Å²) in [7, 11) is 0. The van der Waals surface area contributed by atoms with Crippen LogP contribution in [0.1, 0.15) is 25.8 Å². The number of hydrogen-bond donors (Lipinski definition) is 2. The lowest BCUT2D eigenvalue weighted by Gasteiger charge is -2.04. The first kappa shape index (κ1) is 11.3. The van der Waals surface area contributed by atoms with Gasteiger partial charge in [0, 0.05) is 25.5 Å². The lowest BCUT2D eigenvalue weighted by molar-refractivity contribution is 0.183. The Labute approximate surface area is 85.7 Å². The van der Waals surface area contributed by atoms with Crippen molar-refractivity contribution in [2.24, 2.45) is 0 Å². The summed E-state index contributed by atoms with van der Waals surface area (Å²) in [5.74, 6) is 0. The van der Waals surface area contributed by atoms with Crippen LogP contribution in [0.5, 0.6) is 0 Å². The quantitative estimate of drug-likeness (QED) is 0.674. The topological polar surface area (TPSA) is 37.2 Å². The summed E-state index contributed by atoms with van der Waals surface area (Å²) in [6, 6.07) is 2.12. The Morgan fingerprint density at radius 2 is 2.36 bits per heavy atom. The van der Waals surface area contributed by atoms with Crippen molar-refractivity contribution in [1.82, 2.24) is 9.88 Å². The third-order valence-corrected chi connectivity index (χ3v) is 2.24. The molecule has 0 radical (unpaired) electrons. The van der Waals surface area contributed by atoms with E-state index in [1.165, 1.54) is 5.56 Å². The van der Waals surface area contributed by atoms with Crippen LogP contribution in [0.3, 0.4) is 0 Å². The van der Waals surface area contributed by atoms with E-state index in [1.54, 1.807) is 0 Å². The van der Waals surface area contributed by atoms with Crippen LogP contribution in [0, 0.1) is 0 Å². The smallest absolute Gasteiger partial charge is 0.0524 e. The van der Waals surface area contributed by atoms with Crippen LogP contribution in [0.2, 0.25) is 0 Å². The van der Waals surface area contributed by atoms with E-state index in [0.717, 1.165) is 26.1 Å². The summed E-state index contributed by atoms with van der Waals surface area (Å²) in [5.41, 5.74) is 1.30. The van der Waals surface area contributed by atoms with Crippen LogP contribution in [-0.4, -0.2) is 22.3 Å². The molecule has 1 heterocycles. The third kappa shape index (κ3) is 3.94. The minimum absolute atomic E-state index is 0.206. The largest absolute Gasteiger partial charge is 0.393 e. The molecule has 0 saturated carbocycles. The van der Waals surface area contributed by atoms with Crippen molar-refractivity contribution in [2.45, 2.75) is 39.5 Å². The monoisotopic (exact) mass is 196 g/mol. The molecule has 0 saturated heterocycles. The Kier molecular flexibility index (Phi) is 4.70. The van der Waals surface area contributed by atoms with Gasteiger partial charge in [-0.25, -0.2) is 0 Å². The summed E-state index contributed by atoms with van der Waals surface area (Å²) in [5, 5.41) is 12.3. The number of nitrogens with zero attached hydrogens (tertiary/aromatic N) is 1. The van der Waals surface area contributed by atoms with Crippen molar-refractivity contribution in [3.8, 4) is 0 Å². The van der Waals surface area contributed by atoms with E-state index in [4.69, 9.17) is 5.11 Å². The van der Waals surface area contributed by atoms with Gasteiger partial charge in [0.2, 0.25) is 0 Å². The van der Waals surface area contributed by atoms with E-state index in [1.807, 2.05) is 6.92 Å². The predicted octanol–water partition coefficient (Wildman–Crippen LogP) is 1.37. The second kappa shape index (κ2) is 5.83. The molecule has 2 N–H and O–H groups in total. The highest BCUT2D eigenvalue weighted by Crippen LogP contribution is 2.00. The lowest BCUT2D eigenvalue weighted by Crippen LogP contribution is -2.18. The van der Waals surface area contributed by atoms with Gasteiger partial charge in [0.15, 0.2) is 0 Å². The standard InChI is InChI=1S/C11H20N2O/c1-3-13-7-5-11(9-13)8-12-6-4-10(2)14/h5,7,9-10,12,14H,3-4,6,8H2,1-2H3. The minimum atomic E-state index is -0.206. The molecule has 3 nitrogen and oxygen atoms in total. The van der Waals surface area contributed by atoms with Gasteiger partial charge in [-0.15, -0.1) is 0 Å². The van der Waals surface area contributed by atoms with Gasteiger partial charge in [-0.2, -0.15) is 0 Å². The zero-order chi connectivity index (χ0) is 10.4. The maximum atomic E-state index is 9.05. The molecule has 1 atom stereocenters. The Bertz CT molecular complexity index is 256. The molecular formula is C11H20N2O. The molecule has 80 valence electrons. The third-order valence-electron chi connectivity index (χ3n) is 2.24. The fourth-order valence-corrected chi connectivity index (χ4v) is 1.34. The molecular weight excluding hydrogens is 176 g/mol. The molecule has 1 aromatic rings. The van der Waals surface area contributed by atoms with Crippen LogP contribution in [0.25, 0.3) is 0 Å².